The molecular weight excluding hydrogens is 266 g/mol. The molecule has 2 heterocycles. The van der Waals surface area contributed by atoms with Gasteiger partial charge in [-0.05, 0) is 30.4 Å². The zero-order chi connectivity index (χ0) is 14.7. The zero-order valence-corrected chi connectivity index (χ0v) is 12.6. The van der Waals surface area contributed by atoms with Crippen molar-refractivity contribution in [2.45, 2.75) is 37.9 Å². The maximum absolute atomic E-state index is 12.3. The Kier molecular flexibility index (Phi) is 4.56. The normalized spacial score (nSPS) is 24.6. The van der Waals surface area contributed by atoms with Crippen LogP contribution in [0.5, 0.6) is 0 Å². The Morgan fingerprint density at radius 2 is 2.14 bits per heavy atom. The predicted octanol–water partition coefficient (Wildman–Crippen LogP) is 2.33. The van der Waals surface area contributed by atoms with Crippen LogP contribution in [0.15, 0.2) is 24.3 Å². The van der Waals surface area contributed by atoms with Gasteiger partial charge in [-0.1, -0.05) is 24.3 Å². The molecule has 1 aromatic rings. The molecular formula is C17H23NO3. The molecule has 0 spiro atoms. The second kappa shape index (κ2) is 6.58. The van der Waals surface area contributed by atoms with Gasteiger partial charge in [-0.25, -0.2) is 0 Å². The summed E-state index contributed by atoms with van der Waals surface area (Å²) in [6.07, 6.45) is 3.63. The van der Waals surface area contributed by atoms with Gasteiger partial charge in [0.15, 0.2) is 0 Å². The molecule has 0 aromatic heterocycles. The standard InChI is InChI=1S/C17H23NO3/c1-18(17(19)11-14-6-4-9-20-14)12-16-15-7-3-2-5-13(15)8-10-21-16/h2-3,5,7,14,16H,4,6,8-12H2,1H3/t14-,16-/m1/s1. The first-order valence-electron chi connectivity index (χ1n) is 7.79. The Hall–Kier alpha value is -1.39. The number of hydrogen-bond acceptors (Lipinski definition) is 3. The van der Waals surface area contributed by atoms with Crippen LogP contribution >= 0.6 is 0 Å². The third-order valence-corrected chi connectivity index (χ3v) is 4.38. The predicted molar refractivity (Wildman–Crippen MR) is 80.1 cm³/mol. The Morgan fingerprint density at radius 1 is 1.29 bits per heavy atom. The van der Waals surface area contributed by atoms with E-state index in [2.05, 4.69) is 18.2 Å². The van der Waals surface area contributed by atoms with Crippen LogP contribution in [0.3, 0.4) is 0 Å². The van der Waals surface area contributed by atoms with Crippen molar-refractivity contribution in [3.8, 4) is 0 Å². The number of carbonyl (C=O) groups excluding carboxylic acids is 1. The third-order valence-electron chi connectivity index (χ3n) is 4.38. The molecule has 2 aliphatic rings. The number of rotatable bonds is 4. The Bertz CT molecular complexity index is 497. The summed E-state index contributed by atoms with van der Waals surface area (Å²) in [5, 5.41) is 0. The fourth-order valence-corrected chi connectivity index (χ4v) is 3.13. The zero-order valence-electron chi connectivity index (χ0n) is 12.6. The molecule has 114 valence electrons. The van der Waals surface area contributed by atoms with E-state index in [1.165, 1.54) is 11.1 Å². The van der Waals surface area contributed by atoms with E-state index in [1.54, 1.807) is 4.90 Å². The van der Waals surface area contributed by atoms with Crippen LogP contribution in [0.4, 0.5) is 0 Å². The average Bonchev–Trinajstić information content (AvgIpc) is 3.00. The van der Waals surface area contributed by atoms with Crippen LogP contribution in [0.1, 0.15) is 36.5 Å². The minimum atomic E-state index is -0.00611. The number of hydrogen-bond donors (Lipinski definition) is 0. The summed E-state index contributed by atoms with van der Waals surface area (Å²) in [5.74, 6) is 0.147. The highest BCUT2D eigenvalue weighted by atomic mass is 16.5. The fourth-order valence-electron chi connectivity index (χ4n) is 3.13. The number of likely N-dealkylation sites (N-methyl/N-ethyl adjacent to an activating group) is 1. The van der Waals surface area contributed by atoms with Crippen molar-refractivity contribution in [1.82, 2.24) is 4.90 Å². The van der Waals surface area contributed by atoms with Gasteiger partial charge in [-0.3, -0.25) is 4.79 Å². The second-order valence-corrected chi connectivity index (χ2v) is 5.92. The quantitative estimate of drug-likeness (QED) is 0.854. The van der Waals surface area contributed by atoms with Gasteiger partial charge in [0.05, 0.1) is 25.7 Å². The van der Waals surface area contributed by atoms with Gasteiger partial charge in [0.25, 0.3) is 0 Å². The first kappa shape index (κ1) is 14.5. The van der Waals surface area contributed by atoms with Gasteiger partial charge in [-0.15, -0.1) is 0 Å². The van der Waals surface area contributed by atoms with Crippen molar-refractivity contribution < 1.29 is 14.3 Å². The first-order chi connectivity index (χ1) is 10.2. The smallest absolute Gasteiger partial charge is 0.225 e. The van der Waals surface area contributed by atoms with Gasteiger partial charge in [-0.2, -0.15) is 0 Å². The molecule has 21 heavy (non-hydrogen) atoms. The molecule has 0 bridgehead atoms. The van der Waals surface area contributed by atoms with E-state index in [-0.39, 0.29) is 18.1 Å². The maximum Gasteiger partial charge on any atom is 0.225 e. The molecule has 1 fully saturated rings. The van der Waals surface area contributed by atoms with Crippen LogP contribution in [-0.4, -0.2) is 43.7 Å². The van der Waals surface area contributed by atoms with Crippen LogP contribution in [-0.2, 0) is 20.7 Å². The van der Waals surface area contributed by atoms with Crippen molar-refractivity contribution in [2.75, 3.05) is 26.8 Å². The van der Waals surface area contributed by atoms with E-state index in [9.17, 15) is 4.79 Å². The molecule has 3 rings (SSSR count). The van der Waals surface area contributed by atoms with Gasteiger partial charge in [0.2, 0.25) is 5.91 Å². The van der Waals surface area contributed by atoms with E-state index in [1.807, 2.05) is 13.1 Å². The van der Waals surface area contributed by atoms with Crippen molar-refractivity contribution in [2.24, 2.45) is 0 Å². The molecule has 0 radical (unpaired) electrons. The lowest BCUT2D eigenvalue weighted by molar-refractivity contribution is -0.134. The number of nitrogens with zero attached hydrogens (tertiary/aromatic N) is 1. The third kappa shape index (κ3) is 3.44. The lowest BCUT2D eigenvalue weighted by atomic mass is 9.97. The monoisotopic (exact) mass is 289 g/mol. The first-order valence-corrected chi connectivity index (χ1v) is 7.79. The number of benzene rings is 1. The highest BCUT2D eigenvalue weighted by Crippen LogP contribution is 2.27. The molecule has 0 saturated carbocycles. The fraction of sp³-hybridized carbons (Fsp3) is 0.588. The summed E-state index contributed by atoms with van der Waals surface area (Å²) in [6.45, 7) is 2.14. The Balaban J connectivity index is 1.59. The molecule has 2 atom stereocenters. The summed E-state index contributed by atoms with van der Waals surface area (Å²) < 4.78 is 11.4. The van der Waals surface area contributed by atoms with Gasteiger partial charge in [0.1, 0.15) is 6.10 Å². The summed E-state index contributed by atoms with van der Waals surface area (Å²) >= 11 is 0. The highest BCUT2D eigenvalue weighted by Gasteiger charge is 2.25. The van der Waals surface area contributed by atoms with Crippen LogP contribution in [0.25, 0.3) is 0 Å². The molecule has 0 N–H and O–H groups in total. The topological polar surface area (TPSA) is 38.8 Å². The van der Waals surface area contributed by atoms with E-state index < -0.39 is 0 Å². The lowest BCUT2D eigenvalue weighted by Crippen LogP contribution is -2.35. The van der Waals surface area contributed by atoms with E-state index in [0.29, 0.717) is 13.0 Å². The second-order valence-electron chi connectivity index (χ2n) is 5.92. The molecule has 4 nitrogen and oxygen atoms in total. The number of fused-ring (bicyclic) bond motifs is 1. The van der Waals surface area contributed by atoms with E-state index in [4.69, 9.17) is 9.47 Å². The summed E-state index contributed by atoms with van der Waals surface area (Å²) in [4.78, 5) is 14.1. The largest absolute Gasteiger partial charge is 0.378 e. The molecule has 1 saturated heterocycles. The van der Waals surface area contributed by atoms with Crippen molar-refractivity contribution in [3.63, 3.8) is 0 Å². The number of amides is 1. The number of ether oxygens (including phenoxy) is 2. The van der Waals surface area contributed by atoms with E-state index in [0.717, 1.165) is 32.5 Å². The van der Waals surface area contributed by atoms with Crippen molar-refractivity contribution in [3.05, 3.63) is 35.4 Å². The van der Waals surface area contributed by atoms with Crippen LogP contribution in [0.2, 0.25) is 0 Å². The summed E-state index contributed by atoms with van der Waals surface area (Å²) in [6, 6.07) is 8.36. The Morgan fingerprint density at radius 3 is 2.95 bits per heavy atom. The molecule has 2 aliphatic heterocycles. The minimum Gasteiger partial charge on any atom is -0.378 e. The summed E-state index contributed by atoms with van der Waals surface area (Å²) in [5.41, 5.74) is 2.56. The van der Waals surface area contributed by atoms with Crippen LogP contribution < -0.4 is 0 Å². The molecule has 4 heteroatoms. The summed E-state index contributed by atoms with van der Waals surface area (Å²) in [7, 11) is 1.86. The maximum atomic E-state index is 12.3. The average molecular weight is 289 g/mol. The highest BCUT2D eigenvalue weighted by molar-refractivity contribution is 5.76. The minimum absolute atomic E-state index is 0.00611. The molecule has 0 unspecified atom stereocenters. The lowest BCUT2D eigenvalue weighted by Gasteiger charge is -2.30. The number of carbonyl (C=O) groups is 1. The van der Waals surface area contributed by atoms with Gasteiger partial charge in [0, 0.05) is 13.7 Å². The molecule has 0 aliphatic carbocycles. The molecule has 1 amide bonds. The van der Waals surface area contributed by atoms with Crippen molar-refractivity contribution in [1.29, 1.82) is 0 Å². The van der Waals surface area contributed by atoms with Gasteiger partial charge < -0.3 is 14.4 Å². The van der Waals surface area contributed by atoms with Crippen molar-refractivity contribution >= 4 is 5.91 Å². The van der Waals surface area contributed by atoms with E-state index >= 15 is 0 Å². The molecule has 1 aromatic carbocycles. The van der Waals surface area contributed by atoms with Crippen LogP contribution in [0, 0.1) is 0 Å². The SMILES string of the molecule is CN(C[C@H]1OCCc2ccccc21)C(=O)C[C@H]1CCCO1. The van der Waals surface area contributed by atoms with Gasteiger partial charge >= 0.3 is 0 Å². The Labute approximate surface area is 126 Å².